The maximum absolute atomic E-state index is 6.07. The Labute approximate surface area is 173 Å². The highest BCUT2D eigenvalue weighted by Gasteiger charge is 2.15. The molecule has 2 aromatic rings. The zero-order chi connectivity index (χ0) is 20.3. The van der Waals surface area contributed by atoms with E-state index in [2.05, 4.69) is 44.2 Å². The Bertz CT molecular complexity index is 768. The van der Waals surface area contributed by atoms with Gasteiger partial charge >= 0.3 is 0 Å². The summed E-state index contributed by atoms with van der Waals surface area (Å²) in [7, 11) is 0. The third-order valence-electron chi connectivity index (χ3n) is 5.06. The van der Waals surface area contributed by atoms with Crippen molar-refractivity contribution in [1.82, 2.24) is 30.4 Å². The van der Waals surface area contributed by atoms with Crippen LogP contribution in [0.4, 0.5) is 0 Å². The van der Waals surface area contributed by atoms with Gasteiger partial charge in [0.1, 0.15) is 18.3 Å². The van der Waals surface area contributed by atoms with Crippen LogP contribution in [-0.4, -0.2) is 44.9 Å². The van der Waals surface area contributed by atoms with Crippen LogP contribution in [0.15, 0.2) is 29.6 Å². The molecule has 29 heavy (non-hydrogen) atoms. The largest absolute Gasteiger partial charge is 0.474 e. The molecule has 3 rings (SSSR count). The fourth-order valence-electron chi connectivity index (χ4n) is 3.51. The number of nitrogens with zero attached hydrogens (tertiary/aromatic N) is 5. The van der Waals surface area contributed by atoms with Crippen LogP contribution in [0.3, 0.4) is 0 Å². The maximum atomic E-state index is 6.07. The summed E-state index contributed by atoms with van der Waals surface area (Å²) >= 11 is 0. The molecule has 158 valence electrons. The molecule has 0 bridgehead atoms. The molecule has 8 heteroatoms. The topological polar surface area (TPSA) is 89.3 Å². The highest BCUT2D eigenvalue weighted by Crippen LogP contribution is 2.22. The zero-order valence-corrected chi connectivity index (χ0v) is 17.6. The first kappa shape index (κ1) is 21.1. The molecule has 0 unspecified atom stereocenters. The van der Waals surface area contributed by atoms with E-state index in [4.69, 9.17) is 9.73 Å². The number of aliphatic imine (C=N–C) groups is 1. The second-order valence-corrected chi connectivity index (χ2v) is 7.30. The van der Waals surface area contributed by atoms with Gasteiger partial charge in [-0.25, -0.2) is 9.98 Å². The molecule has 1 aliphatic carbocycles. The molecule has 0 saturated heterocycles. The van der Waals surface area contributed by atoms with Crippen molar-refractivity contribution in [2.45, 2.75) is 71.6 Å². The lowest BCUT2D eigenvalue weighted by atomic mass is 9.98. The number of guanidine groups is 1. The molecule has 1 saturated carbocycles. The number of aryl methyl sites for hydroxylation is 1. The Hall–Kier alpha value is -2.64. The molecule has 2 aromatic heterocycles. The van der Waals surface area contributed by atoms with E-state index >= 15 is 0 Å². The van der Waals surface area contributed by atoms with Gasteiger partial charge in [0.15, 0.2) is 5.96 Å². The van der Waals surface area contributed by atoms with Crippen LogP contribution in [0.25, 0.3) is 0 Å². The van der Waals surface area contributed by atoms with Crippen LogP contribution in [0.2, 0.25) is 0 Å². The summed E-state index contributed by atoms with van der Waals surface area (Å²) in [5, 5.41) is 14.8. The fourth-order valence-corrected chi connectivity index (χ4v) is 3.51. The highest BCUT2D eigenvalue weighted by molar-refractivity contribution is 5.79. The predicted octanol–water partition coefficient (Wildman–Crippen LogP) is 2.70. The van der Waals surface area contributed by atoms with E-state index in [1.165, 1.54) is 19.3 Å². The highest BCUT2D eigenvalue weighted by atomic mass is 16.5. The second-order valence-electron chi connectivity index (χ2n) is 7.30. The van der Waals surface area contributed by atoms with E-state index in [-0.39, 0.29) is 0 Å². The van der Waals surface area contributed by atoms with E-state index in [1.807, 2.05) is 18.3 Å². The lowest BCUT2D eigenvalue weighted by Crippen LogP contribution is -2.38. The van der Waals surface area contributed by atoms with Crippen molar-refractivity contribution in [2.75, 3.05) is 13.1 Å². The van der Waals surface area contributed by atoms with Gasteiger partial charge in [-0.2, -0.15) is 0 Å². The van der Waals surface area contributed by atoms with Gasteiger partial charge < -0.3 is 19.9 Å². The average Bonchev–Trinajstić information content (AvgIpc) is 3.20. The standard InChI is InChI=1S/C21H33N7O/c1-3-19-27-26-16-28(19)13-12-24-21(22-4-2)25-15-17-10-11-23-20(14-17)29-18-8-6-5-7-9-18/h10-11,14,16,18H,3-9,12-13,15H2,1-2H3,(H2,22,24,25). The molecule has 0 atom stereocenters. The lowest BCUT2D eigenvalue weighted by Gasteiger charge is -2.22. The molecule has 0 amide bonds. The van der Waals surface area contributed by atoms with Gasteiger partial charge in [0, 0.05) is 38.3 Å². The lowest BCUT2D eigenvalue weighted by molar-refractivity contribution is 0.148. The van der Waals surface area contributed by atoms with Crippen molar-refractivity contribution in [2.24, 2.45) is 4.99 Å². The van der Waals surface area contributed by atoms with E-state index < -0.39 is 0 Å². The normalized spacial score (nSPS) is 15.3. The summed E-state index contributed by atoms with van der Waals surface area (Å²) in [6.45, 7) is 7.09. The molecule has 1 fully saturated rings. The fraction of sp³-hybridized carbons (Fsp3) is 0.619. The molecule has 0 radical (unpaired) electrons. The summed E-state index contributed by atoms with van der Waals surface area (Å²) < 4.78 is 8.14. The Balaban J connectivity index is 1.52. The molecule has 0 aliphatic heterocycles. The number of hydrogen-bond donors (Lipinski definition) is 2. The van der Waals surface area contributed by atoms with Gasteiger partial charge in [-0.05, 0) is 44.2 Å². The molecular weight excluding hydrogens is 366 g/mol. The minimum absolute atomic E-state index is 0.305. The monoisotopic (exact) mass is 399 g/mol. The van der Waals surface area contributed by atoms with E-state index in [0.717, 1.165) is 56.2 Å². The zero-order valence-electron chi connectivity index (χ0n) is 17.6. The summed E-state index contributed by atoms with van der Waals surface area (Å²) in [5.41, 5.74) is 1.09. The second kappa shape index (κ2) is 11.4. The minimum Gasteiger partial charge on any atom is -0.474 e. The van der Waals surface area contributed by atoms with Crippen molar-refractivity contribution in [3.05, 3.63) is 36.0 Å². The Kier molecular flexibility index (Phi) is 8.27. The van der Waals surface area contributed by atoms with Crippen molar-refractivity contribution in [1.29, 1.82) is 0 Å². The third-order valence-corrected chi connectivity index (χ3v) is 5.06. The first-order chi connectivity index (χ1) is 14.3. The predicted molar refractivity (Wildman–Crippen MR) is 114 cm³/mol. The van der Waals surface area contributed by atoms with Gasteiger partial charge in [-0.15, -0.1) is 10.2 Å². The van der Waals surface area contributed by atoms with Crippen molar-refractivity contribution >= 4 is 5.96 Å². The van der Waals surface area contributed by atoms with Gasteiger partial charge in [-0.1, -0.05) is 13.3 Å². The number of rotatable bonds is 9. The SMILES string of the molecule is CCNC(=NCc1ccnc(OC2CCCCC2)c1)NCCn1cnnc1CC. The van der Waals surface area contributed by atoms with Crippen LogP contribution in [0, 0.1) is 0 Å². The number of ether oxygens (including phenoxy) is 1. The van der Waals surface area contributed by atoms with Crippen LogP contribution in [0.5, 0.6) is 5.88 Å². The third kappa shape index (κ3) is 6.73. The van der Waals surface area contributed by atoms with Crippen LogP contribution < -0.4 is 15.4 Å². The minimum atomic E-state index is 0.305. The number of aromatic nitrogens is 4. The van der Waals surface area contributed by atoms with Gasteiger partial charge in [0.25, 0.3) is 0 Å². The Morgan fingerprint density at radius 3 is 2.90 bits per heavy atom. The Morgan fingerprint density at radius 1 is 1.24 bits per heavy atom. The quantitative estimate of drug-likeness (QED) is 0.498. The average molecular weight is 400 g/mol. The summed E-state index contributed by atoms with van der Waals surface area (Å²) in [4.78, 5) is 9.08. The number of nitrogens with one attached hydrogen (secondary N) is 2. The summed E-state index contributed by atoms with van der Waals surface area (Å²) in [5.74, 6) is 2.50. The molecule has 1 aliphatic rings. The van der Waals surface area contributed by atoms with Crippen molar-refractivity contribution in [3.8, 4) is 5.88 Å². The number of pyridine rings is 1. The molecule has 0 spiro atoms. The van der Waals surface area contributed by atoms with Crippen molar-refractivity contribution in [3.63, 3.8) is 0 Å². The molecular formula is C21H33N7O. The van der Waals surface area contributed by atoms with E-state index in [0.29, 0.717) is 18.5 Å². The van der Waals surface area contributed by atoms with Crippen LogP contribution >= 0.6 is 0 Å². The summed E-state index contributed by atoms with van der Waals surface area (Å²) in [6, 6.07) is 4.00. The van der Waals surface area contributed by atoms with Gasteiger partial charge in [-0.3, -0.25) is 0 Å². The molecule has 2 heterocycles. The van der Waals surface area contributed by atoms with Crippen LogP contribution in [0.1, 0.15) is 57.3 Å². The molecule has 0 aromatic carbocycles. The van der Waals surface area contributed by atoms with Crippen LogP contribution in [-0.2, 0) is 19.5 Å². The van der Waals surface area contributed by atoms with E-state index in [1.54, 1.807) is 6.33 Å². The first-order valence-corrected chi connectivity index (χ1v) is 10.8. The maximum Gasteiger partial charge on any atom is 0.213 e. The summed E-state index contributed by atoms with van der Waals surface area (Å²) in [6.07, 6.45) is 10.8. The van der Waals surface area contributed by atoms with Gasteiger partial charge in [0.2, 0.25) is 5.88 Å². The van der Waals surface area contributed by atoms with Crippen molar-refractivity contribution < 1.29 is 4.74 Å². The Morgan fingerprint density at radius 2 is 2.10 bits per heavy atom. The molecule has 2 N–H and O–H groups in total. The molecule has 8 nitrogen and oxygen atoms in total. The van der Waals surface area contributed by atoms with E-state index in [9.17, 15) is 0 Å². The smallest absolute Gasteiger partial charge is 0.213 e. The first-order valence-electron chi connectivity index (χ1n) is 10.8. The number of hydrogen-bond acceptors (Lipinski definition) is 5. The van der Waals surface area contributed by atoms with Gasteiger partial charge in [0.05, 0.1) is 6.54 Å².